The van der Waals surface area contributed by atoms with Crippen molar-refractivity contribution < 1.29 is 14.3 Å². The van der Waals surface area contributed by atoms with Gasteiger partial charge < -0.3 is 19.7 Å². The Morgan fingerprint density at radius 1 is 1.36 bits per heavy atom. The number of fused-ring (bicyclic) bond motifs is 1. The zero-order valence-corrected chi connectivity index (χ0v) is 15.0. The monoisotopic (exact) mass is 361 g/mol. The first-order valence-corrected chi connectivity index (χ1v) is 9.69. The van der Waals surface area contributed by atoms with E-state index < -0.39 is 0 Å². The number of anilines is 1. The minimum Gasteiger partial charge on any atom is -0.376 e. The highest BCUT2D eigenvalue weighted by molar-refractivity contribution is 7.22. The van der Waals surface area contributed by atoms with E-state index in [0.29, 0.717) is 26.4 Å². The highest BCUT2D eigenvalue weighted by Crippen LogP contribution is 2.31. The summed E-state index contributed by atoms with van der Waals surface area (Å²) in [6.07, 6.45) is 1.91. The molecule has 2 fully saturated rings. The van der Waals surface area contributed by atoms with Gasteiger partial charge in [0, 0.05) is 19.6 Å². The summed E-state index contributed by atoms with van der Waals surface area (Å²) < 4.78 is 12.1. The van der Waals surface area contributed by atoms with Crippen molar-refractivity contribution in [2.45, 2.75) is 18.9 Å². The van der Waals surface area contributed by atoms with Crippen molar-refractivity contribution in [1.29, 1.82) is 0 Å². The molecule has 0 unspecified atom stereocenters. The van der Waals surface area contributed by atoms with Crippen LogP contribution in [0.3, 0.4) is 0 Å². The largest absolute Gasteiger partial charge is 0.376 e. The summed E-state index contributed by atoms with van der Waals surface area (Å²) in [5, 5.41) is 4.05. The van der Waals surface area contributed by atoms with Gasteiger partial charge in [0.1, 0.15) is 0 Å². The van der Waals surface area contributed by atoms with Crippen molar-refractivity contribution >= 4 is 32.6 Å². The minimum absolute atomic E-state index is 0.00488. The van der Waals surface area contributed by atoms with Crippen molar-refractivity contribution in [3.63, 3.8) is 0 Å². The van der Waals surface area contributed by atoms with Crippen LogP contribution < -0.4 is 10.2 Å². The Morgan fingerprint density at radius 3 is 3.12 bits per heavy atom. The number of nitrogens with one attached hydrogen (secondary N) is 1. The molecular weight excluding hydrogens is 338 g/mol. The fourth-order valence-corrected chi connectivity index (χ4v) is 4.37. The van der Waals surface area contributed by atoms with Gasteiger partial charge in [-0.15, -0.1) is 0 Å². The number of amides is 1. The molecule has 2 aromatic rings. The van der Waals surface area contributed by atoms with Crippen LogP contribution in [-0.2, 0) is 14.3 Å². The van der Waals surface area contributed by atoms with Gasteiger partial charge >= 0.3 is 0 Å². The zero-order chi connectivity index (χ0) is 17.1. The summed E-state index contributed by atoms with van der Waals surface area (Å²) in [6, 6.07) is 8.18. The number of aromatic nitrogens is 1. The van der Waals surface area contributed by atoms with Gasteiger partial charge in [0.25, 0.3) is 0 Å². The maximum atomic E-state index is 12.5. The zero-order valence-electron chi connectivity index (χ0n) is 14.1. The first kappa shape index (κ1) is 16.8. The number of carbonyl (C=O) groups excluding carboxylic acids is 1. The van der Waals surface area contributed by atoms with Crippen molar-refractivity contribution in [3.05, 3.63) is 24.3 Å². The lowest BCUT2D eigenvalue weighted by molar-refractivity contribution is -0.127. The molecule has 1 aromatic carbocycles. The number of para-hydroxylation sites is 1. The van der Waals surface area contributed by atoms with E-state index in [1.165, 1.54) is 4.70 Å². The third-order valence-electron chi connectivity index (χ3n) is 4.73. The predicted octanol–water partition coefficient (Wildman–Crippen LogP) is 2.04. The highest BCUT2D eigenvalue weighted by Gasteiger charge is 2.28. The topological polar surface area (TPSA) is 63.7 Å². The van der Waals surface area contributed by atoms with Gasteiger partial charge in [0.15, 0.2) is 5.13 Å². The van der Waals surface area contributed by atoms with Crippen LogP contribution in [0, 0.1) is 5.92 Å². The number of thiazole rings is 1. The highest BCUT2D eigenvalue weighted by atomic mass is 32.1. The molecule has 25 heavy (non-hydrogen) atoms. The van der Waals surface area contributed by atoms with E-state index in [0.717, 1.165) is 36.6 Å². The first-order chi connectivity index (χ1) is 12.3. The van der Waals surface area contributed by atoms with Crippen molar-refractivity contribution in [2.24, 2.45) is 5.92 Å². The van der Waals surface area contributed by atoms with Crippen LogP contribution in [0.2, 0.25) is 0 Å². The summed E-state index contributed by atoms with van der Waals surface area (Å²) in [5.41, 5.74) is 1.03. The Morgan fingerprint density at radius 2 is 2.28 bits per heavy atom. The van der Waals surface area contributed by atoms with E-state index in [4.69, 9.17) is 14.5 Å². The number of nitrogens with zero attached hydrogens (tertiary/aromatic N) is 2. The lowest BCUT2D eigenvalue weighted by Crippen LogP contribution is -2.46. The molecular formula is C18H23N3O3S. The second-order valence-electron chi connectivity index (χ2n) is 6.56. The lowest BCUT2D eigenvalue weighted by atomic mass is 9.97. The molecule has 0 bridgehead atoms. The molecule has 2 atom stereocenters. The minimum atomic E-state index is -0.0262. The molecule has 0 aliphatic carbocycles. The lowest BCUT2D eigenvalue weighted by Gasteiger charge is -2.32. The third kappa shape index (κ3) is 3.94. The summed E-state index contributed by atoms with van der Waals surface area (Å²) in [4.78, 5) is 19.5. The van der Waals surface area contributed by atoms with Crippen LogP contribution in [-0.4, -0.2) is 56.5 Å². The van der Waals surface area contributed by atoms with E-state index in [1.807, 2.05) is 18.2 Å². The Kier molecular flexibility index (Phi) is 5.14. The molecule has 2 aliphatic heterocycles. The van der Waals surface area contributed by atoms with Gasteiger partial charge in [-0.25, -0.2) is 4.98 Å². The van der Waals surface area contributed by atoms with Crippen LogP contribution in [0.15, 0.2) is 24.3 Å². The standard InChI is InChI=1S/C18H23N3O3S/c22-17(19-10-14-12-23-8-9-24-14)13-4-3-7-21(11-13)18-20-15-5-1-2-6-16(15)25-18/h1-2,5-6,13-14H,3-4,7-12H2,(H,19,22)/t13-,14+/m0/s1. The smallest absolute Gasteiger partial charge is 0.224 e. The van der Waals surface area contributed by atoms with Gasteiger partial charge in [-0.05, 0) is 25.0 Å². The van der Waals surface area contributed by atoms with Crippen LogP contribution in [0.1, 0.15) is 12.8 Å². The number of piperidine rings is 1. The predicted molar refractivity (Wildman–Crippen MR) is 98.1 cm³/mol. The number of benzene rings is 1. The molecule has 4 rings (SSSR count). The molecule has 1 N–H and O–H groups in total. The maximum Gasteiger partial charge on any atom is 0.224 e. The van der Waals surface area contributed by atoms with Crippen molar-refractivity contribution in [3.8, 4) is 0 Å². The molecule has 2 saturated heterocycles. The van der Waals surface area contributed by atoms with Crippen molar-refractivity contribution in [1.82, 2.24) is 10.3 Å². The summed E-state index contributed by atoms with van der Waals surface area (Å²) in [7, 11) is 0. The normalized spacial score (nSPS) is 24.4. The first-order valence-electron chi connectivity index (χ1n) is 8.87. The molecule has 1 amide bonds. The van der Waals surface area contributed by atoms with Crippen LogP contribution in [0.5, 0.6) is 0 Å². The summed E-state index contributed by atoms with van der Waals surface area (Å²) in [5.74, 6) is 0.116. The Balaban J connectivity index is 1.35. The van der Waals surface area contributed by atoms with E-state index >= 15 is 0 Å². The van der Waals surface area contributed by atoms with E-state index in [-0.39, 0.29) is 17.9 Å². The summed E-state index contributed by atoms with van der Waals surface area (Å²) >= 11 is 1.70. The Labute approximate surface area is 151 Å². The number of ether oxygens (including phenoxy) is 2. The van der Waals surface area contributed by atoms with E-state index in [9.17, 15) is 4.79 Å². The van der Waals surface area contributed by atoms with Gasteiger partial charge in [-0.2, -0.15) is 0 Å². The molecule has 6 nitrogen and oxygen atoms in total. The molecule has 0 radical (unpaired) electrons. The van der Waals surface area contributed by atoms with E-state index in [1.54, 1.807) is 11.3 Å². The SMILES string of the molecule is O=C(NC[C@@H]1COCCO1)[C@H]1CCCN(c2nc3ccccc3s2)C1. The number of carbonyl (C=O) groups is 1. The number of hydrogen-bond acceptors (Lipinski definition) is 6. The molecule has 1 aromatic heterocycles. The molecule has 3 heterocycles. The van der Waals surface area contributed by atoms with Crippen molar-refractivity contribution in [2.75, 3.05) is 44.4 Å². The molecule has 2 aliphatic rings. The average molecular weight is 361 g/mol. The van der Waals surface area contributed by atoms with Gasteiger partial charge in [-0.3, -0.25) is 4.79 Å². The van der Waals surface area contributed by atoms with Crippen LogP contribution >= 0.6 is 11.3 Å². The second-order valence-corrected chi connectivity index (χ2v) is 7.57. The van der Waals surface area contributed by atoms with Gasteiger partial charge in [-0.1, -0.05) is 23.5 Å². The quantitative estimate of drug-likeness (QED) is 0.903. The molecule has 0 spiro atoms. The van der Waals surface area contributed by atoms with Gasteiger partial charge in [0.05, 0.1) is 42.1 Å². The number of hydrogen-bond donors (Lipinski definition) is 1. The molecule has 0 saturated carbocycles. The Hall–Kier alpha value is -1.70. The molecule has 134 valence electrons. The molecule has 7 heteroatoms. The van der Waals surface area contributed by atoms with Crippen LogP contribution in [0.25, 0.3) is 10.2 Å². The van der Waals surface area contributed by atoms with Crippen LogP contribution in [0.4, 0.5) is 5.13 Å². The maximum absolute atomic E-state index is 12.5. The average Bonchev–Trinajstić information content (AvgIpc) is 3.11. The third-order valence-corrected chi connectivity index (χ3v) is 5.83. The second kappa shape index (κ2) is 7.68. The summed E-state index contributed by atoms with van der Waals surface area (Å²) in [6.45, 7) is 4.02. The van der Waals surface area contributed by atoms with Gasteiger partial charge in [0.2, 0.25) is 5.91 Å². The Bertz CT molecular complexity index is 696. The fourth-order valence-electron chi connectivity index (χ4n) is 3.37. The fraction of sp³-hybridized carbons (Fsp3) is 0.556. The van der Waals surface area contributed by atoms with E-state index in [2.05, 4.69) is 16.3 Å². The number of rotatable bonds is 4.